The number of unbranched alkanes of at least 4 members (excludes halogenated alkanes) is 1. The number of hydrogen-bond donors (Lipinski definition) is 1. The van der Waals surface area contributed by atoms with Crippen molar-refractivity contribution < 1.29 is 10.3 Å². The van der Waals surface area contributed by atoms with Gasteiger partial charge in [-0.2, -0.15) is 0 Å². The quantitative estimate of drug-likeness (QED) is 0.608. The first-order valence-corrected chi connectivity index (χ1v) is 7.86. The van der Waals surface area contributed by atoms with Crippen LogP contribution in [0.15, 0.2) is 47.5 Å². The fourth-order valence-electron chi connectivity index (χ4n) is 2.20. The molecule has 0 aliphatic carbocycles. The van der Waals surface area contributed by atoms with Crippen molar-refractivity contribution in [2.75, 3.05) is 0 Å². The minimum Gasteiger partial charge on any atom is -0.337 e. The van der Waals surface area contributed by atoms with Gasteiger partial charge < -0.3 is 9.77 Å². The fourth-order valence-corrected chi connectivity index (χ4v) is 2.46. The van der Waals surface area contributed by atoms with Gasteiger partial charge in [-0.15, -0.1) is 10.1 Å². The van der Waals surface area contributed by atoms with E-state index in [0.29, 0.717) is 5.92 Å². The van der Waals surface area contributed by atoms with Gasteiger partial charge in [0.05, 0.1) is 6.33 Å². The molecule has 0 saturated heterocycles. The first-order chi connectivity index (χ1) is 10.5. The topological polar surface area (TPSA) is 81.2 Å². The summed E-state index contributed by atoms with van der Waals surface area (Å²) in [6.07, 6.45) is 9.54. The number of benzene rings is 1. The van der Waals surface area contributed by atoms with E-state index in [1.54, 1.807) is 0 Å². The number of rotatable bonds is 6. The van der Waals surface area contributed by atoms with E-state index in [1.807, 2.05) is 18.7 Å². The van der Waals surface area contributed by atoms with Crippen molar-refractivity contribution in [2.45, 2.75) is 38.6 Å². The SMILES string of the molecule is CCCCC(Cn1ccnc1)c1ccc(Br)cc1.O=[N+]([O-])O. The maximum atomic E-state index is 8.36. The highest BCUT2D eigenvalue weighted by atomic mass is 79.9. The van der Waals surface area contributed by atoms with Gasteiger partial charge in [0, 0.05) is 29.3 Å². The third-order valence-corrected chi connectivity index (χ3v) is 3.77. The van der Waals surface area contributed by atoms with Gasteiger partial charge in [0.25, 0.3) is 5.09 Å². The lowest BCUT2D eigenvalue weighted by atomic mass is 9.93. The molecule has 1 unspecified atom stereocenters. The smallest absolute Gasteiger partial charge is 0.291 e. The Hall–Kier alpha value is -1.89. The third kappa shape index (κ3) is 7.21. The second kappa shape index (κ2) is 9.94. The van der Waals surface area contributed by atoms with Crippen LogP contribution in [0.25, 0.3) is 0 Å². The minimum atomic E-state index is -1.50. The maximum absolute atomic E-state index is 8.36. The maximum Gasteiger partial charge on any atom is 0.291 e. The molecule has 0 bridgehead atoms. The lowest BCUT2D eigenvalue weighted by Crippen LogP contribution is -2.08. The van der Waals surface area contributed by atoms with Crippen molar-refractivity contribution in [3.8, 4) is 0 Å². The first-order valence-electron chi connectivity index (χ1n) is 7.07. The fraction of sp³-hybridized carbons (Fsp3) is 0.400. The molecule has 0 saturated carbocycles. The number of hydrogen-bond acceptors (Lipinski definition) is 3. The molecule has 1 aromatic heterocycles. The van der Waals surface area contributed by atoms with Crippen molar-refractivity contribution in [1.82, 2.24) is 9.55 Å². The van der Waals surface area contributed by atoms with Crippen molar-refractivity contribution in [3.63, 3.8) is 0 Å². The summed E-state index contributed by atoms with van der Waals surface area (Å²) in [7, 11) is 0. The van der Waals surface area contributed by atoms with E-state index in [9.17, 15) is 0 Å². The lowest BCUT2D eigenvalue weighted by Gasteiger charge is -2.18. The summed E-state index contributed by atoms with van der Waals surface area (Å²) in [5.74, 6) is 0.576. The van der Waals surface area contributed by atoms with E-state index >= 15 is 0 Å². The molecule has 6 nitrogen and oxygen atoms in total. The molecular weight excluding hydrogens is 350 g/mol. The van der Waals surface area contributed by atoms with Crippen LogP contribution in [0.1, 0.15) is 37.7 Å². The van der Waals surface area contributed by atoms with Crippen molar-refractivity contribution in [2.24, 2.45) is 0 Å². The lowest BCUT2D eigenvalue weighted by molar-refractivity contribution is -0.742. The monoisotopic (exact) mass is 369 g/mol. The van der Waals surface area contributed by atoms with Gasteiger partial charge in [0.15, 0.2) is 0 Å². The summed E-state index contributed by atoms with van der Waals surface area (Å²) in [6, 6.07) is 8.70. The standard InChI is InChI=1S/C15H19BrN2.HNO3/c1-2-3-4-14(11-18-10-9-17-12-18)13-5-7-15(16)8-6-13;2-1(3)4/h5-10,12,14H,2-4,11H2,1H3;(H,2,3,4). The average molecular weight is 370 g/mol. The highest BCUT2D eigenvalue weighted by molar-refractivity contribution is 9.10. The van der Waals surface area contributed by atoms with Gasteiger partial charge in [-0.3, -0.25) is 0 Å². The van der Waals surface area contributed by atoms with Crippen LogP contribution in [-0.4, -0.2) is 19.8 Å². The molecule has 0 spiro atoms. The van der Waals surface area contributed by atoms with Crippen LogP contribution in [0.2, 0.25) is 0 Å². The molecule has 0 amide bonds. The van der Waals surface area contributed by atoms with E-state index in [4.69, 9.17) is 15.3 Å². The van der Waals surface area contributed by atoms with Gasteiger partial charge in [-0.05, 0) is 24.1 Å². The molecule has 0 aliphatic heterocycles. The predicted octanol–water partition coefficient (Wildman–Crippen LogP) is 4.27. The van der Waals surface area contributed by atoms with E-state index in [2.05, 4.69) is 56.7 Å². The molecule has 22 heavy (non-hydrogen) atoms. The van der Waals surface area contributed by atoms with Crippen molar-refractivity contribution in [3.05, 3.63) is 63.1 Å². The number of imidazole rings is 1. The summed E-state index contributed by atoms with van der Waals surface area (Å²) in [6.45, 7) is 3.26. The van der Waals surface area contributed by atoms with Gasteiger partial charge in [0.2, 0.25) is 0 Å². The van der Waals surface area contributed by atoms with Crippen molar-refractivity contribution in [1.29, 1.82) is 0 Å². The van der Waals surface area contributed by atoms with Crippen LogP contribution in [0.4, 0.5) is 0 Å². The summed E-state index contributed by atoms with van der Waals surface area (Å²) >= 11 is 3.49. The Morgan fingerprint density at radius 3 is 2.55 bits per heavy atom. The Kier molecular flexibility index (Phi) is 8.21. The zero-order valence-electron chi connectivity index (χ0n) is 12.4. The summed E-state index contributed by atoms with van der Waals surface area (Å²) in [4.78, 5) is 12.5. The zero-order valence-corrected chi connectivity index (χ0v) is 14.0. The average Bonchev–Trinajstić information content (AvgIpc) is 2.97. The Labute approximate surface area is 138 Å². The minimum absolute atomic E-state index is 0.576. The molecule has 120 valence electrons. The van der Waals surface area contributed by atoms with E-state index in [0.717, 1.165) is 11.0 Å². The van der Waals surface area contributed by atoms with Crippen LogP contribution in [-0.2, 0) is 6.54 Å². The predicted molar refractivity (Wildman–Crippen MR) is 87.4 cm³/mol. The van der Waals surface area contributed by atoms with Gasteiger partial charge in [-0.25, -0.2) is 4.98 Å². The van der Waals surface area contributed by atoms with Crippen LogP contribution < -0.4 is 0 Å². The first kappa shape index (κ1) is 18.2. The number of nitrogens with zero attached hydrogens (tertiary/aromatic N) is 3. The van der Waals surface area contributed by atoms with Crippen LogP contribution in [0.3, 0.4) is 0 Å². The number of halogens is 1. The molecule has 1 heterocycles. The summed E-state index contributed by atoms with van der Waals surface area (Å²) in [5, 5.41) is 13.6. The summed E-state index contributed by atoms with van der Waals surface area (Å²) in [5.41, 5.74) is 1.42. The Balaban J connectivity index is 0.000000541. The van der Waals surface area contributed by atoms with Gasteiger partial charge >= 0.3 is 0 Å². The van der Waals surface area contributed by atoms with Crippen LogP contribution in [0, 0.1) is 10.1 Å². The normalized spacial score (nSPS) is 11.4. The highest BCUT2D eigenvalue weighted by Crippen LogP contribution is 2.25. The second-order valence-electron chi connectivity index (χ2n) is 4.89. The Bertz CT molecular complexity index is 540. The molecule has 2 rings (SSSR count). The van der Waals surface area contributed by atoms with E-state index < -0.39 is 5.09 Å². The third-order valence-electron chi connectivity index (χ3n) is 3.24. The molecule has 2 aromatic rings. The Morgan fingerprint density at radius 2 is 2.05 bits per heavy atom. The second-order valence-corrected chi connectivity index (χ2v) is 5.80. The molecule has 0 fully saturated rings. The molecule has 0 aliphatic rings. The van der Waals surface area contributed by atoms with E-state index in [1.165, 1.54) is 24.8 Å². The molecule has 1 aromatic carbocycles. The number of aromatic nitrogens is 2. The van der Waals surface area contributed by atoms with Crippen LogP contribution >= 0.6 is 15.9 Å². The zero-order chi connectivity index (χ0) is 16.4. The molecule has 0 radical (unpaired) electrons. The van der Waals surface area contributed by atoms with Gasteiger partial charge in [-0.1, -0.05) is 47.8 Å². The summed E-state index contributed by atoms with van der Waals surface area (Å²) < 4.78 is 3.31. The molecule has 1 N–H and O–H groups in total. The highest BCUT2D eigenvalue weighted by Gasteiger charge is 2.11. The largest absolute Gasteiger partial charge is 0.337 e. The molecular formula is C15H20BrN3O3. The van der Waals surface area contributed by atoms with E-state index in [-0.39, 0.29) is 0 Å². The molecule has 1 atom stereocenters. The molecule has 7 heteroatoms. The van der Waals surface area contributed by atoms with Gasteiger partial charge in [0.1, 0.15) is 0 Å². The van der Waals surface area contributed by atoms with Crippen molar-refractivity contribution >= 4 is 15.9 Å². The Morgan fingerprint density at radius 1 is 1.41 bits per heavy atom. The van der Waals surface area contributed by atoms with Crippen LogP contribution in [0.5, 0.6) is 0 Å².